The van der Waals surface area contributed by atoms with E-state index in [2.05, 4.69) is 18.7 Å². The molecule has 1 aromatic carbocycles. The maximum Gasteiger partial charge on any atom is 0.179 e. The summed E-state index contributed by atoms with van der Waals surface area (Å²) in [4.78, 5) is 2.39. The van der Waals surface area contributed by atoms with E-state index in [0.29, 0.717) is 30.5 Å². The average Bonchev–Trinajstić information content (AvgIpc) is 2.51. The predicted octanol–water partition coefficient (Wildman–Crippen LogP) is 3.23. The van der Waals surface area contributed by atoms with E-state index < -0.39 is 0 Å². The molecule has 1 heterocycles. The number of hydrogen-bond acceptors (Lipinski definition) is 4. The Kier molecular flexibility index (Phi) is 6.15. The largest absolute Gasteiger partial charge is 0.486 e. The summed E-state index contributed by atoms with van der Waals surface area (Å²) in [5.74, 6) is 1.38. The van der Waals surface area contributed by atoms with Gasteiger partial charge in [0.2, 0.25) is 0 Å². The molecule has 0 saturated carbocycles. The van der Waals surface area contributed by atoms with Crippen molar-refractivity contribution in [3.8, 4) is 11.5 Å². The summed E-state index contributed by atoms with van der Waals surface area (Å²) in [6, 6.07) is 4.14. The van der Waals surface area contributed by atoms with Crippen molar-refractivity contribution < 1.29 is 9.47 Å². The van der Waals surface area contributed by atoms with Gasteiger partial charge < -0.3 is 15.2 Å². The third kappa shape index (κ3) is 3.82. The molecule has 1 aliphatic rings. The summed E-state index contributed by atoms with van der Waals surface area (Å²) in [7, 11) is 0. The van der Waals surface area contributed by atoms with Crippen LogP contribution in [0.1, 0.15) is 38.3 Å². The van der Waals surface area contributed by atoms with Crippen molar-refractivity contribution in [2.45, 2.75) is 32.7 Å². The van der Waals surface area contributed by atoms with Crippen molar-refractivity contribution in [1.29, 1.82) is 0 Å². The maximum atomic E-state index is 6.34. The second-order valence-electron chi connectivity index (χ2n) is 5.26. The normalized spacial score (nSPS) is 15.3. The molecule has 5 heteroatoms. The van der Waals surface area contributed by atoms with Crippen LogP contribution in [0.2, 0.25) is 5.02 Å². The van der Waals surface area contributed by atoms with E-state index in [-0.39, 0.29) is 6.04 Å². The van der Waals surface area contributed by atoms with Crippen LogP contribution in [0.4, 0.5) is 0 Å². The molecule has 118 valence electrons. The van der Waals surface area contributed by atoms with E-state index in [1.807, 2.05) is 12.1 Å². The minimum absolute atomic E-state index is 0.162. The van der Waals surface area contributed by atoms with Gasteiger partial charge in [-0.25, -0.2) is 0 Å². The van der Waals surface area contributed by atoms with Gasteiger partial charge in [-0.2, -0.15) is 0 Å². The Balaban J connectivity index is 2.26. The highest BCUT2D eigenvalue weighted by atomic mass is 35.5. The van der Waals surface area contributed by atoms with Gasteiger partial charge in [0.1, 0.15) is 13.2 Å². The third-order valence-electron chi connectivity index (χ3n) is 3.87. The number of likely N-dealkylation sites (N-methyl/N-ethyl adjacent to an activating group) is 1. The third-order valence-corrected chi connectivity index (χ3v) is 4.15. The molecule has 0 amide bonds. The Morgan fingerprint density at radius 1 is 1.29 bits per heavy atom. The lowest BCUT2D eigenvalue weighted by atomic mass is 10.0. The summed E-state index contributed by atoms with van der Waals surface area (Å²) in [6.07, 6.45) is 2.35. The first-order chi connectivity index (χ1) is 10.2. The van der Waals surface area contributed by atoms with Gasteiger partial charge in [0.15, 0.2) is 11.5 Å². The summed E-state index contributed by atoms with van der Waals surface area (Å²) in [6.45, 7) is 8.05. The Bertz CT molecular complexity index is 468. The zero-order valence-corrected chi connectivity index (χ0v) is 13.7. The highest BCUT2D eigenvalue weighted by Crippen LogP contribution is 2.40. The first-order valence-electron chi connectivity index (χ1n) is 7.74. The lowest BCUT2D eigenvalue weighted by Crippen LogP contribution is -2.34. The summed E-state index contributed by atoms with van der Waals surface area (Å²) in [5.41, 5.74) is 7.12. The second kappa shape index (κ2) is 7.87. The lowest BCUT2D eigenvalue weighted by molar-refractivity contribution is 0.170. The van der Waals surface area contributed by atoms with Crippen molar-refractivity contribution in [3.05, 3.63) is 22.7 Å². The zero-order valence-electron chi connectivity index (χ0n) is 12.9. The number of halogens is 1. The van der Waals surface area contributed by atoms with Gasteiger partial charge in [0, 0.05) is 12.6 Å². The first kappa shape index (κ1) is 16.4. The quantitative estimate of drug-likeness (QED) is 0.839. The summed E-state index contributed by atoms with van der Waals surface area (Å²) < 4.78 is 11.2. The zero-order chi connectivity index (χ0) is 15.2. The minimum Gasteiger partial charge on any atom is -0.486 e. The molecule has 1 aliphatic heterocycles. The molecular weight excluding hydrogens is 288 g/mol. The number of unbranched alkanes of at least 4 members (excludes halogenated alkanes) is 1. The van der Waals surface area contributed by atoms with Crippen LogP contribution >= 0.6 is 11.6 Å². The van der Waals surface area contributed by atoms with Crippen LogP contribution in [0, 0.1) is 0 Å². The van der Waals surface area contributed by atoms with Crippen LogP contribution in [0.5, 0.6) is 11.5 Å². The molecule has 1 aromatic rings. The van der Waals surface area contributed by atoms with Crippen molar-refractivity contribution in [2.75, 3.05) is 32.8 Å². The first-order valence-corrected chi connectivity index (χ1v) is 8.12. The molecule has 2 rings (SSSR count). The van der Waals surface area contributed by atoms with Gasteiger partial charge in [-0.05, 0) is 37.2 Å². The van der Waals surface area contributed by atoms with Crippen LogP contribution in [-0.2, 0) is 0 Å². The molecule has 0 aliphatic carbocycles. The lowest BCUT2D eigenvalue weighted by Gasteiger charge is -2.31. The van der Waals surface area contributed by atoms with E-state index in [9.17, 15) is 0 Å². The van der Waals surface area contributed by atoms with Gasteiger partial charge in [0.25, 0.3) is 0 Å². The average molecular weight is 313 g/mol. The van der Waals surface area contributed by atoms with Crippen molar-refractivity contribution in [1.82, 2.24) is 4.90 Å². The van der Waals surface area contributed by atoms with Gasteiger partial charge in [0.05, 0.1) is 5.02 Å². The number of nitrogens with two attached hydrogens (primary N) is 1. The van der Waals surface area contributed by atoms with Crippen molar-refractivity contribution in [3.63, 3.8) is 0 Å². The van der Waals surface area contributed by atoms with Gasteiger partial charge in [-0.1, -0.05) is 31.9 Å². The molecule has 0 radical (unpaired) electrons. The predicted molar refractivity (Wildman–Crippen MR) is 86.4 cm³/mol. The van der Waals surface area contributed by atoms with Crippen molar-refractivity contribution in [2.24, 2.45) is 5.73 Å². The molecule has 1 unspecified atom stereocenters. The number of nitrogens with zero attached hydrogens (tertiary/aromatic N) is 1. The van der Waals surface area contributed by atoms with Crippen LogP contribution in [0.25, 0.3) is 0 Å². The Morgan fingerprint density at radius 2 is 2.05 bits per heavy atom. The molecule has 0 aromatic heterocycles. The van der Waals surface area contributed by atoms with Crippen LogP contribution in [0.3, 0.4) is 0 Å². The number of hydrogen-bond donors (Lipinski definition) is 1. The molecule has 0 fully saturated rings. The Morgan fingerprint density at radius 3 is 2.71 bits per heavy atom. The minimum atomic E-state index is 0.162. The van der Waals surface area contributed by atoms with E-state index in [0.717, 1.165) is 24.4 Å². The molecular formula is C16H25ClN2O2. The number of benzene rings is 1. The topological polar surface area (TPSA) is 47.7 Å². The SMILES string of the molecule is CCCCN(CC)C(CN)c1cc(Cl)c2c(c1)OCCO2. The monoisotopic (exact) mass is 312 g/mol. The van der Waals surface area contributed by atoms with Crippen LogP contribution in [0.15, 0.2) is 12.1 Å². The number of rotatable bonds is 7. The van der Waals surface area contributed by atoms with E-state index in [1.54, 1.807) is 0 Å². The molecule has 0 saturated heterocycles. The standard InChI is InChI=1S/C16H25ClN2O2/c1-3-5-6-19(4-2)14(11-18)12-9-13(17)16-15(10-12)20-7-8-21-16/h9-10,14H,3-8,11,18H2,1-2H3. The molecule has 0 spiro atoms. The highest BCUT2D eigenvalue weighted by molar-refractivity contribution is 6.32. The summed E-state index contributed by atoms with van der Waals surface area (Å²) in [5, 5.41) is 0.604. The number of ether oxygens (including phenoxy) is 2. The van der Waals surface area contributed by atoms with Gasteiger partial charge in [-0.15, -0.1) is 0 Å². The van der Waals surface area contributed by atoms with E-state index in [4.69, 9.17) is 26.8 Å². The molecule has 21 heavy (non-hydrogen) atoms. The molecule has 4 nitrogen and oxygen atoms in total. The Labute approximate surface area is 132 Å². The van der Waals surface area contributed by atoms with Crippen LogP contribution < -0.4 is 15.2 Å². The molecule has 0 bridgehead atoms. The van der Waals surface area contributed by atoms with E-state index >= 15 is 0 Å². The smallest absolute Gasteiger partial charge is 0.179 e. The van der Waals surface area contributed by atoms with Gasteiger partial charge in [-0.3, -0.25) is 4.90 Å². The maximum absolute atomic E-state index is 6.34. The van der Waals surface area contributed by atoms with Gasteiger partial charge >= 0.3 is 0 Å². The second-order valence-corrected chi connectivity index (χ2v) is 5.67. The fourth-order valence-electron chi connectivity index (χ4n) is 2.71. The molecule has 1 atom stereocenters. The van der Waals surface area contributed by atoms with Crippen molar-refractivity contribution >= 4 is 11.6 Å². The summed E-state index contributed by atoms with van der Waals surface area (Å²) >= 11 is 6.34. The number of fused-ring (bicyclic) bond motifs is 1. The van der Waals surface area contributed by atoms with Crippen LogP contribution in [-0.4, -0.2) is 37.7 Å². The fourth-order valence-corrected chi connectivity index (χ4v) is 2.99. The highest BCUT2D eigenvalue weighted by Gasteiger charge is 2.23. The molecule has 2 N–H and O–H groups in total. The van der Waals surface area contributed by atoms with E-state index in [1.165, 1.54) is 12.8 Å². The Hall–Kier alpha value is -0.970. The fraction of sp³-hybridized carbons (Fsp3) is 0.625.